The summed E-state index contributed by atoms with van der Waals surface area (Å²) in [6.07, 6.45) is 2.62. The van der Waals surface area contributed by atoms with Gasteiger partial charge in [0.25, 0.3) is 6.47 Å². The number of nitrogens with zero attached hydrogens (tertiary/aromatic N) is 2. The average Bonchev–Trinajstić information content (AvgIpc) is 2.64. The van der Waals surface area contributed by atoms with Crippen LogP contribution in [-0.2, 0) is 19.6 Å². The molecule has 148 valence electrons. The number of ether oxygens (including phenoxy) is 1. The molecule has 2 rings (SSSR count). The number of halogens is 1. The molecule has 1 aromatic carbocycles. The molecule has 0 fully saturated rings. The number of nitrogens with one attached hydrogen (secondary N) is 2. The Kier molecular flexibility index (Phi) is 9.12. The van der Waals surface area contributed by atoms with E-state index in [1.165, 1.54) is 19.2 Å². The minimum Gasteiger partial charge on any atom is -0.471 e. The number of hydrogen-bond acceptors (Lipinski definition) is 8. The summed E-state index contributed by atoms with van der Waals surface area (Å²) >= 11 is 3.41. The molecule has 1 unspecified atom stereocenters. The first-order valence-corrected chi connectivity index (χ1v) is 10.2. The predicted octanol–water partition coefficient (Wildman–Crippen LogP) is 2.63. The molecule has 0 bridgehead atoms. The molecule has 0 saturated carbocycles. The Bertz CT molecular complexity index is 846. The molecule has 1 atom stereocenters. The van der Waals surface area contributed by atoms with Crippen LogP contribution in [0.3, 0.4) is 0 Å². The van der Waals surface area contributed by atoms with Crippen molar-refractivity contribution in [1.82, 2.24) is 9.97 Å². The number of carbonyl (C=O) groups is 1. The number of nitrogens with two attached hydrogens (primary N) is 1. The molecule has 1 heterocycles. The Hall–Kier alpha value is -2.24. The third kappa shape index (κ3) is 7.89. The van der Waals surface area contributed by atoms with Crippen molar-refractivity contribution >= 4 is 49.9 Å². The van der Waals surface area contributed by atoms with Crippen molar-refractivity contribution in [3.05, 3.63) is 34.9 Å². The fourth-order valence-electron chi connectivity index (χ4n) is 1.72. The van der Waals surface area contributed by atoms with Gasteiger partial charge in [0.2, 0.25) is 16.0 Å². The van der Waals surface area contributed by atoms with E-state index in [4.69, 9.17) is 9.93 Å². The second-order valence-electron chi connectivity index (χ2n) is 5.37. The monoisotopic (exact) mass is 459 g/mol. The maximum atomic E-state index is 11.2. The number of carbonyl (C=O) groups excluding carboxylic acids is 1. The Morgan fingerprint density at radius 3 is 2.41 bits per heavy atom. The van der Waals surface area contributed by atoms with Crippen LogP contribution >= 0.6 is 15.9 Å². The van der Waals surface area contributed by atoms with Gasteiger partial charge in [-0.05, 0) is 53.5 Å². The number of rotatable bonds is 7. The van der Waals surface area contributed by atoms with Gasteiger partial charge in [0.05, 0.1) is 16.5 Å². The quantitative estimate of drug-likeness (QED) is 0.537. The average molecular weight is 460 g/mol. The maximum absolute atomic E-state index is 11.2. The summed E-state index contributed by atoms with van der Waals surface area (Å²) in [6.45, 7) is 4.52. The number of aromatic nitrogens is 2. The van der Waals surface area contributed by atoms with E-state index in [0.717, 1.165) is 10.9 Å². The predicted molar refractivity (Wildman–Crippen MR) is 107 cm³/mol. The van der Waals surface area contributed by atoms with Crippen molar-refractivity contribution in [2.45, 2.75) is 31.2 Å². The number of sulfonamides is 1. The fourth-order valence-corrected chi connectivity index (χ4v) is 2.54. The molecule has 4 N–H and O–H groups in total. The lowest BCUT2D eigenvalue weighted by Gasteiger charge is -2.14. The van der Waals surface area contributed by atoms with Gasteiger partial charge in [0.15, 0.2) is 0 Å². The van der Waals surface area contributed by atoms with Crippen LogP contribution in [0.2, 0.25) is 0 Å². The number of anilines is 3. The molecule has 11 heteroatoms. The summed E-state index contributed by atoms with van der Waals surface area (Å²) < 4.78 is 27.1. The van der Waals surface area contributed by atoms with Crippen molar-refractivity contribution in [2.75, 3.05) is 17.7 Å². The van der Waals surface area contributed by atoms with Gasteiger partial charge in [-0.3, -0.25) is 4.79 Å². The van der Waals surface area contributed by atoms with Crippen molar-refractivity contribution in [2.24, 2.45) is 5.14 Å². The van der Waals surface area contributed by atoms with E-state index in [1.807, 2.05) is 0 Å². The van der Waals surface area contributed by atoms with Gasteiger partial charge in [-0.2, -0.15) is 4.98 Å². The lowest BCUT2D eigenvalue weighted by atomic mass is 10.2. The largest absolute Gasteiger partial charge is 0.471 e. The Balaban J connectivity index is 0.000000828. The van der Waals surface area contributed by atoms with Gasteiger partial charge < -0.3 is 15.4 Å². The zero-order valence-electron chi connectivity index (χ0n) is 15.1. The molecule has 0 aliphatic rings. The van der Waals surface area contributed by atoms with Crippen molar-refractivity contribution in [3.8, 4) is 0 Å². The van der Waals surface area contributed by atoms with Gasteiger partial charge >= 0.3 is 0 Å². The summed E-state index contributed by atoms with van der Waals surface area (Å²) in [6, 6.07) is 6.34. The van der Waals surface area contributed by atoms with Crippen molar-refractivity contribution in [1.29, 1.82) is 0 Å². The van der Waals surface area contributed by atoms with Crippen LogP contribution in [-0.4, -0.2) is 38.0 Å². The third-order valence-corrected chi connectivity index (χ3v) is 4.78. The van der Waals surface area contributed by atoms with Gasteiger partial charge in [-0.15, -0.1) is 0 Å². The fraction of sp³-hybridized carbons (Fsp3) is 0.312. The van der Waals surface area contributed by atoms with E-state index in [2.05, 4.69) is 55.1 Å². The minimum atomic E-state index is -3.70. The lowest BCUT2D eigenvalue weighted by molar-refractivity contribution is -0.126. The highest BCUT2D eigenvalue weighted by Gasteiger charge is 2.09. The van der Waals surface area contributed by atoms with E-state index < -0.39 is 10.0 Å². The van der Waals surface area contributed by atoms with Crippen LogP contribution < -0.4 is 15.8 Å². The van der Waals surface area contributed by atoms with Gasteiger partial charge in [0, 0.05) is 17.9 Å². The SMILES string of the molecule is CCC(C)Nc1nc(Nc2ccc(S(N)(=O)=O)cc2)ncc1Br.COC=O. The zero-order valence-corrected chi connectivity index (χ0v) is 17.5. The minimum absolute atomic E-state index is 0.0545. The molecule has 0 amide bonds. The Morgan fingerprint density at radius 1 is 1.33 bits per heavy atom. The normalized spacial score (nSPS) is 11.6. The second-order valence-corrected chi connectivity index (χ2v) is 7.79. The van der Waals surface area contributed by atoms with Crippen LogP contribution in [0.1, 0.15) is 20.3 Å². The first-order chi connectivity index (χ1) is 12.7. The van der Waals surface area contributed by atoms with Crippen LogP contribution in [0.4, 0.5) is 17.5 Å². The van der Waals surface area contributed by atoms with Gasteiger partial charge in [-0.1, -0.05) is 6.92 Å². The van der Waals surface area contributed by atoms with E-state index in [0.29, 0.717) is 23.9 Å². The van der Waals surface area contributed by atoms with E-state index >= 15 is 0 Å². The summed E-state index contributed by atoms with van der Waals surface area (Å²) in [4.78, 5) is 17.6. The molecule has 2 aromatic rings. The smallest absolute Gasteiger partial charge is 0.292 e. The van der Waals surface area contributed by atoms with Crippen molar-refractivity contribution < 1.29 is 17.9 Å². The Morgan fingerprint density at radius 2 is 1.93 bits per heavy atom. The summed E-state index contributed by atoms with van der Waals surface area (Å²) in [7, 11) is -2.38. The van der Waals surface area contributed by atoms with E-state index in [9.17, 15) is 8.42 Å². The van der Waals surface area contributed by atoms with Crippen LogP contribution in [0.5, 0.6) is 0 Å². The van der Waals surface area contributed by atoms with E-state index in [1.54, 1.807) is 18.3 Å². The number of methoxy groups -OCH3 is 1. The first kappa shape index (κ1) is 22.8. The Labute approximate surface area is 166 Å². The topological polar surface area (TPSA) is 136 Å². The van der Waals surface area contributed by atoms with Gasteiger partial charge in [-0.25, -0.2) is 18.5 Å². The first-order valence-electron chi connectivity index (χ1n) is 7.86. The molecule has 27 heavy (non-hydrogen) atoms. The van der Waals surface area contributed by atoms with E-state index in [-0.39, 0.29) is 10.9 Å². The highest BCUT2D eigenvalue weighted by atomic mass is 79.9. The van der Waals surface area contributed by atoms with Crippen LogP contribution in [0, 0.1) is 0 Å². The summed E-state index contributed by atoms with van der Waals surface area (Å²) in [5.74, 6) is 1.10. The highest BCUT2D eigenvalue weighted by Crippen LogP contribution is 2.23. The molecule has 0 radical (unpaired) electrons. The van der Waals surface area contributed by atoms with Crippen molar-refractivity contribution in [3.63, 3.8) is 0 Å². The molecular formula is C16H22BrN5O4S. The highest BCUT2D eigenvalue weighted by molar-refractivity contribution is 9.10. The van der Waals surface area contributed by atoms with Gasteiger partial charge in [0.1, 0.15) is 5.82 Å². The number of primary sulfonamides is 1. The summed E-state index contributed by atoms with van der Waals surface area (Å²) in [5, 5.41) is 11.4. The number of benzene rings is 1. The maximum Gasteiger partial charge on any atom is 0.292 e. The third-order valence-electron chi connectivity index (χ3n) is 3.27. The summed E-state index contributed by atoms with van der Waals surface area (Å²) in [5.41, 5.74) is 0.661. The molecule has 0 aliphatic carbocycles. The molecule has 0 saturated heterocycles. The molecule has 9 nitrogen and oxygen atoms in total. The second kappa shape index (κ2) is 10.8. The molecular weight excluding hydrogens is 438 g/mol. The van der Waals surface area contributed by atoms with Crippen LogP contribution in [0.15, 0.2) is 39.8 Å². The molecule has 1 aromatic heterocycles. The van der Waals surface area contributed by atoms with Crippen LogP contribution in [0.25, 0.3) is 0 Å². The lowest BCUT2D eigenvalue weighted by Crippen LogP contribution is -2.15. The molecule has 0 spiro atoms. The molecule has 0 aliphatic heterocycles. The standard InChI is InChI=1S/C14H18BrN5O2S.C2H4O2/c1-3-9(2)18-13-12(15)8-17-14(20-13)19-10-4-6-11(7-5-10)23(16,21)22;1-4-2-3/h4-9H,3H2,1-2H3,(H2,16,21,22)(H2,17,18,19,20);2H,1H3. The zero-order chi connectivity index (χ0) is 20.4. The number of hydrogen-bond donors (Lipinski definition) is 3.